The first-order valence-corrected chi connectivity index (χ1v) is 9.89. The number of hydrogen-bond donors (Lipinski definition) is 2. The van der Waals surface area contributed by atoms with Crippen LogP contribution in [0.3, 0.4) is 0 Å². The Balaban J connectivity index is 2.29. The molecule has 0 saturated carbocycles. The van der Waals surface area contributed by atoms with Gasteiger partial charge >= 0.3 is 6.09 Å². The molecular formula is C17H34N2O3S. The second-order valence-electron chi connectivity index (χ2n) is 7.26. The average Bonchev–Trinajstić information content (AvgIpc) is 2.49. The van der Waals surface area contributed by atoms with E-state index in [1.807, 2.05) is 37.4 Å². The summed E-state index contributed by atoms with van der Waals surface area (Å²) in [7, 11) is 0. The predicted octanol–water partition coefficient (Wildman–Crippen LogP) is 2.73. The van der Waals surface area contributed by atoms with E-state index >= 15 is 0 Å². The van der Waals surface area contributed by atoms with Crippen molar-refractivity contribution in [3.8, 4) is 0 Å². The average molecular weight is 347 g/mol. The highest BCUT2D eigenvalue weighted by Gasteiger charge is 2.29. The number of ether oxygens (including phenoxy) is 1. The lowest BCUT2D eigenvalue weighted by molar-refractivity contribution is 0.0149. The first-order valence-electron chi connectivity index (χ1n) is 8.73. The third kappa shape index (κ3) is 8.82. The number of likely N-dealkylation sites (tertiary alicyclic amines) is 1. The minimum Gasteiger partial charge on any atom is -0.444 e. The van der Waals surface area contributed by atoms with Crippen LogP contribution >= 0.6 is 11.8 Å². The Hall–Kier alpha value is -0.460. The Labute approximate surface area is 145 Å². The summed E-state index contributed by atoms with van der Waals surface area (Å²) in [4.78, 5) is 14.1. The number of carbonyl (C=O) groups excluding carboxylic acids is 1. The summed E-state index contributed by atoms with van der Waals surface area (Å²) in [6.45, 7) is 10.8. The van der Waals surface area contributed by atoms with Gasteiger partial charge in [-0.05, 0) is 58.6 Å². The number of rotatable bonds is 8. The molecule has 6 heteroatoms. The third-order valence-electron chi connectivity index (χ3n) is 3.98. The molecule has 1 aliphatic rings. The number of nitrogens with one attached hydrogen (secondary N) is 1. The van der Waals surface area contributed by atoms with Gasteiger partial charge in [-0.2, -0.15) is 11.8 Å². The molecule has 2 atom stereocenters. The zero-order chi connectivity index (χ0) is 17.3. The topological polar surface area (TPSA) is 61.8 Å². The fraction of sp³-hybridized carbons (Fsp3) is 0.941. The highest BCUT2D eigenvalue weighted by molar-refractivity contribution is 7.99. The van der Waals surface area contributed by atoms with Crippen LogP contribution in [-0.4, -0.2) is 65.5 Å². The molecule has 23 heavy (non-hydrogen) atoms. The van der Waals surface area contributed by atoms with E-state index in [4.69, 9.17) is 9.84 Å². The summed E-state index contributed by atoms with van der Waals surface area (Å²) >= 11 is 1.87. The molecule has 1 amide bonds. The van der Waals surface area contributed by atoms with Crippen molar-refractivity contribution in [3.63, 3.8) is 0 Å². The van der Waals surface area contributed by atoms with Gasteiger partial charge in [0, 0.05) is 38.0 Å². The minimum absolute atomic E-state index is 0.186. The van der Waals surface area contributed by atoms with Gasteiger partial charge in [-0.1, -0.05) is 0 Å². The highest BCUT2D eigenvalue weighted by atomic mass is 32.2. The van der Waals surface area contributed by atoms with E-state index in [-0.39, 0.29) is 12.7 Å². The van der Waals surface area contributed by atoms with Crippen LogP contribution in [0, 0.1) is 5.92 Å². The van der Waals surface area contributed by atoms with E-state index in [0.29, 0.717) is 12.0 Å². The van der Waals surface area contributed by atoms with Gasteiger partial charge in [0.1, 0.15) is 5.60 Å². The molecule has 0 bridgehead atoms. The van der Waals surface area contributed by atoms with Gasteiger partial charge in [0.2, 0.25) is 0 Å². The van der Waals surface area contributed by atoms with Gasteiger partial charge in [-0.3, -0.25) is 0 Å². The number of carbonyl (C=O) groups is 1. The summed E-state index contributed by atoms with van der Waals surface area (Å²) in [5.41, 5.74) is -0.431. The molecule has 0 aromatic heterocycles. The number of thioether (sulfide) groups is 1. The van der Waals surface area contributed by atoms with Crippen LogP contribution in [0.25, 0.3) is 0 Å². The third-order valence-corrected chi connectivity index (χ3v) is 5.05. The molecule has 1 rings (SSSR count). The van der Waals surface area contributed by atoms with Crippen LogP contribution < -0.4 is 5.32 Å². The number of aliphatic hydroxyl groups is 1. The molecule has 1 saturated heterocycles. The summed E-state index contributed by atoms with van der Waals surface area (Å²) in [6, 6.07) is 0.402. The summed E-state index contributed by atoms with van der Waals surface area (Å²) < 4.78 is 5.48. The van der Waals surface area contributed by atoms with Gasteiger partial charge in [0.25, 0.3) is 0 Å². The molecule has 136 valence electrons. The molecule has 0 aliphatic carbocycles. The van der Waals surface area contributed by atoms with E-state index in [1.54, 1.807) is 0 Å². The minimum atomic E-state index is -0.431. The van der Waals surface area contributed by atoms with Crippen molar-refractivity contribution in [1.82, 2.24) is 10.2 Å². The fourth-order valence-corrected chi connectivity index (χ4v) is 3.50. The molecule has 1 aliphatic heterocycles. The molecule has 2 N–H and O–H groups in total. The van der Waals surface area contributed by atoms with Crippen molar-refractivity contribution in [1.29, 1.82) is 0 Å². The van der Waals surface area contributed by atoms with Gasteiger partial charge in [0.15, 0.2) is 0 Å². The highest BCUT2D eigenvalue weighted by Crippen LogP contribution is 2.22. The molecule has 0 radical (unpaired) electrons. The Kier molecular flexibility index (Phi) is 9.32. The zero-order valence-corrected chi connectivity index (χ0v) is 16.0. The molecule has 0 spiro atoms. The summed E-state index contributed by atoms with van der Waals surface area (Å²) in [5, 5.41) is 12.3. The lowest BCUT2D eigenvalue weighted by Gasteiger charge is -2.36. The van der Waals surface area contributed by atoms with Crippen LogP contribution in [0.2, 0.25) is 0 Å². The van der Waals surface area contributed by atoms with Crippen molar-refractivity contribution >= 4 is 17.9 Å². The van der Waals surface area contributed by atoms with Gasteiger partial charge in [-0.15, -0.1) is 0 Å². The Bertz CT molecular complexity index is 347. The van der Waals surface area contributed by atoms with Gasteiger partial charge in [-0.25, -0.2) is 4.79 Å². The van der Waals surface area contributed by atoms with Crippen molar-refractivity contribution < 1.29 is 14.6 Å². The summed E-state index contributed by atoms with van der Waals surface area (Å²) in [5.74, 6) is 2.56. The smallest absolute Gasteiger partial charge is 0.410 e. The van der Waals surface area contributed by atoms with Crippen LogP contribution in [0.4, 0.5) is 4.79 Å². The first kappa shape index (κ1) is 20.6. The Morgan fingerprint density at radius 3 is 2.83 bits per heavy atom. The van der Waals surface area contributed by atoms with E-state index < -0.39 is 5.60 Å². The quantitative estimate of drug-likeness (QED) is 0.662. The van der Waals surface area contributed by atoms with Crippen molar-refractivity contribution in [2.24, 2.45) is 5.92 Å². The van der Waals surface area contributed by atoms with Gasteiger partial charge < -0.3 is 20.1 Å². The Morgan fingerprint density at radius 2 is 2.17 bits per heavy atom. The second kappa shape index (κ2) is 10.4. The maximum atomic E-state index is 12.2. The molecule has 0 aromatic rings. The molecular weight excluding hydrogens is 312 g/mol. The molecule has 1 heterocycles. The summed E-state index contributed by atoms with van der Waals surface area (Å²) in [6.07, 6.45) is 2.88. The van der Waals surface area contributed by atoms with E-state index in [0.717, 1.165) is 50.4 Å². The van der Waals surface area contributed by atoms with Crippen molar-refractivity contribution in [2.45, 2.75) is 58.6 Å². The number of amides is 1. The van der Waals surface area contributed by atoms with Crippen LogP contribution in [0.1, 0.15) is 47.0 Å². The molecule has 1 fully saturated rings. The monoisotopic (exact) mass is 346 g/mol. The molecule has 5 nitrogen and oxygen atoms in total. The second-order valence-corrected chi connectivity index (χ2v) is 8.49. The van der Waals surface area contributed by atoms with E-state index in [1.165, 1.54) is 0 Å². The van der Waals surface area contributed by atoms with E-state index in [9.17, 15) is 4.79 Å². The fourth-order valence-electron chi connectivity index (χ4n) is 2.70. The first-order chi connectivity index (χ1) is 10.8. The lowest BCUT2D eigenvalue weighted by atomic mass is 9.92. The van der Waals surface area contributed by atoms with E-state index in [2.05, 4.69) is 12.2 Å². The van der Waals surface area contributed by atoms with Gasteiger partial charge in [0.05, 0.1) is 0 Å². The molecule has 2 unspecified atom stereocenters. The number of nitrogens with zero attached hydrogens (tertiary/aromatic N) is 1. The van der Waals surface area contributed by atoms with Crippen LogP contribution in [0.15, 0.2) is 0 Å². The maximum Gasteiger partial charge on any atom is 0.410 e. The number of aliphatic hydroxyl groups excluding tert-OH is 1. The van der Waals surface area contributed by atoms with Crippen LogP contribution in [0.5, 0.6) is 0 Å². The normalized spacial score (nSPS) is 20.4. The molecule has 0 aromatic carbocycles. The Morgan fingerprint density at radius 1 is 1.43 bits per heavy atom. The number of hydrogen-bond acceptors (Lipinski definition) is 5. The standard InChI is InChI=1S/C17H34N2O3S/c1-14(18-8-12-23-11-6-10-20)15-7-5-9-19(13-15)16(21)22-17(2,3)4/h14-15,18,20H,5-13H2,1-4H3. The maximum absolute atomic E-state index is 12.2. The van der Waals surface area contributed by atoms with Crippen LogP contribution in [-0.2, 0) is 4.74 Å². The lowest BCUT2D eigenvalue weighted by Crippen LogP contribution is -2.48. The predicted molar refractivity (Wildman–Crippen MR) is 97.0 cm³/mol. The SMILES string of the molecule is CC(NCCSCCCO)C1CCCN(C(=O)OC(C)(C)C)C1. The van der Waals surface area contributed by atoms with Crippen molar-refractivity contribution in [2.75, 3.05) is 37.7 Å². The largest absolute Gasteiger partial charge is 0.444 e. The number of piperidine rings is 1. The van der Waals surface area contributed by atoms with Crippen molar-refractivity contribution in [3.05, 3.63) is 0 Å². The zero-order valence-electron chi connectivity index (χ0n) is 15.1.